The number of hydrogen-bond acceptors (Lipinski definition) is 4. The van der Waals surface area contributed by atoms with Crippen molar-refractivity contribution in [3.8, 4) is 6.07 Å². The molecule has 19 heavy (non-hydrogen) atoms. The van der Waals surface area contributed by atoms with Gasteiger partial charge in [0.05, 0.1) is 10.9 Å². The zero-order valence-corrected chi connectivity index (χ0v) is 12.3. The van der Waals surface area contributed by atoms with Gasteiger partial charge >= 0.3 is 0 Å². The molecule has 0 aliphatic heterocycles. The Morgan fingerprint density at radius 3 is 2.79 bits per heavy atom. The third kappa shape index (κ3) is 2.32. The van der Waals surface area contributed by atoms with E-state index in [9.17, 15) is 4.79 Å². The first kappa shape index (κ1) is 13.5. The average molecular weight is 273 g/mol. The summed E-state index contributed by atoms with van der Waals surface area (Å²) in [7, 11) is 1.64. The topological polar surface area (TPSA) is 57.0 Å². The molecule has 0 saturated heterocycles. The second-order valence-electron chi connectivity index (χ2n) is 4.64. The predicted molar refractivity (Wildman–Crippen MR) is 76.4 cm³/mol. The van der Waals surface area contributed by atoms with Crippen LogP contribution < -0.4 is 0 Å². The van der Waals surface area contributed by atoms with Crippen molar-refractivity contribution in [3.63, 3.8) is 0 Å². The average Bonchev–Trinajstić information content (AvgIpc) is 2.65. The van der Waals surface area contributed by atoms with Crippen LogP contribution in [0.2, 0.25) is 0 Å². The molecule has 1 amide bonds. The molecular formula is C14H15N3OS. The number of pyridine rings is 1. The quantitative estimate of drug-likeness (QED) is 0.791. The third-order valence-corrected chi connectivity index (χ3v) is 4.25. The van der Waals surface area contributed by atoms with Gasteiger partial charge in [-0.3, -0.25) is 4.79 Å². The summed E-state index contributed by atoms with van der Waals surface area (Å²) in [6.07, 6.45) is 0. The lowest BCUT2D eigenvalue weighted by atomic mass is 10.1. The summed E-state index contributed by atoms with van der Waals surface area (Å²) in [5, 5.41) is 9.73. The number of nitriles is 1. The van der Waals surface area contributed by atoms with Crippen molar-refractivity contribution in [3.05, 3.63) is 27.8 Å². The smallest absolute Gasteiger partial charge is 0.264 e. The molecule has 2 aromatic rings. The van der Waals surface area contributed by atoms with Crippen LogP contribution in [0.5, 0.6) is 0 Å². The van der Waals surface area contributed by atoms with Gasteiger partial charge in [-0.05, 0) is 38.0 Å². The van der Waals surface area contributed by atoms with E-state index in [1.54, 1.807) is 7.05 Å². The van der Waals surface area contributed by atoms with E-state index in [2.05, 4.69) is 4.98 Å². The largest absolute Gasteiger partial charge is 0.328 e. The molecule has 0 N–H and O–H groups in total. The van der Waals surface area contributed by atoms with Crippen LogP contribution in [0.15, 0.2) is 6.07 Å². The molecule has 0 aliphatic carbocycles. The summed E-state index contributed by atoms with van der Waals surface area (Å²) in [6, 6.07) is 4.01. The first-order valence-electron chi connectivity index (χ1n) is 5.95. The van der Waals surface area contributed by atoms with Crippen LogP contribution in [0.25, 0.3) is 10.2 Å². The number of carbonyl (C=O) groups excluding carboxylic acids is 1. The van der Waals surface area contributed by atoms with Gasteiger partial charge in [-0.1, -0.05) is 0 Å². The minimum absolute atomic E-state index is 0.0952. The molecule has 0 fully saturated rings. The molecule has 5 heteroatoms. The minimum atomic E-state index is -0.112. The highest BCUT2D eigenvalue weighted by atomic mass is 32.1. The molecule has 0 aromatic carbocycles. The first-order chi connectivity index (χ1) is 8.95. The van der Waals surface area contributed by atoms with Gasteiger partial charge in [0.2, 0.25) is 0 Å². The second kappa shape index (κ2) is 4.98. The Kier molecular flexibility index (Phi) is 3.54. The maximum Gasteiger partial charge on any atom is 0.264 e. The molecule has 0 saturated carbocycles. The zero-order valence-electron chi connectivity index (χ0n) is 11.4. The number of carbonyl (C=O) groups is 1. The van der Waals surface area contributed by atoms with Crippen molar-refractivity contribution >= 4 is 27.5 Å². The number of fused-ring (bicyclic) bond motifs is 1. The number of aromatic nitrogens is 1. The van der Waals surface area contributed by atoms with Crippen molar-refractivity contribution in [1.82, 2.24) is 9.88 Å². The molecule has 2 rings (SSSR count). The van der Waals surface area contributed by atoms with E-state index in [1.807, 2.05) is 32.9 Å². The summed E-state index contributed by atoms with van der Waals surface area (Å²) in [4.78, 5) is 19.8. The number of aryl methyl sites for hydroxylation is 3. The molecule has 0 aliphatic rings. The van der Waals surface area contributed by atoms with Crippen LogP contribution in [-0.4, -0.2) is 29.4 Å². The van der Waals surface area contributed by atoms with Crippen molar-refractivity contribution in [2.45, 2.75) is 20.8 Å². The van der Waals surface area contributed by atoms with E-state index in [0.29, 0.717) is 4.88 Å². The number of amides is 1. The van der Waals surface area contributed by atoms with Gasteiger partial charge in [0.1, 0.15) is 11.4 Å². The van der Waals surface area contributed by atoms with Gasteiger partial charge in [0.15, 0.2) is 0 Å². The normalized spacial score (nSPS) is 10.5. The zero-order chi connectivity index (χ0) is 14.2. The number of hydrogen-bond donors (Lipinski definition) is 0. The van der Waals surface area contributed by atoms with Crippen molar-refractivity contribution in [2.75, 3.05) is 13.6 Å². The van der Waals surface area contributed by atoms with E-state index in [4.69, 9.17) is 5.26 Å². The summed E-state index contributed by atoms with van der Waals surface area (Å²) in [5.74, 6) is -0.112. The predicted octanol–water partition coefficient (Wildman–Crippen LogP) is 2.82. The van der Waals surface area contributed by atoms with E-state index in [0.717, 1.165) is 27.0 Å². The first-order valence-corrected chi connectivity index (χ1v) is 6.77. The molecule has 0 atom stereocenters. The number of nitrogens with zero attached hydrogens (tertiary/aromatic N) is 3. The maximum absolute atomic E-state index is 12.3. The molecule has 4 nitrogen and oxygen atoms in total. The fourth-order valence-corrected chi connectivity index (χ4v) is 3.47. The monoisotopic (exact) mass is 273 g/mol. The number of thiophene rings is 1. The van der Waals surface area contributed by atoms with Crippen LogP contribution >= 0.6 is 11.3 Å². The molecule has 0 bridgehead atoms. The highest BCUT2D eigenvalue weighted by Crippen LogP contribution is 2.32. The van der Waals surface area contributed by atoms with Gasteiger partial charge < -0.3 is 4.90 Å². The summed E-state index contributed by atoms with van der Waals surface area (Å²) < 4.78 is 0. The highest BCUT2D eigenvalue weighted by molar-refractivity contribution is 7.20. The Hall–Kier alpha value is -1.93. The van der Waals surface area contributed by atoms with Gasteiger partial charge in [-0.2, -0.15) is 5.26 Å². The van der Waals surface area contributed by atoms with Crippen LogP contribution in [-0.2, 0) is 0 Å². The fourth-order valence-electron chi connectivity index (χ4n) is 2.17. The minimum Gasteiger partial charge on any atom is -0.328 e. The molecule has 2 heterocycles. The molecular weight excluding hydrogens is 258 g/mol. The standard InChI is InChI=1S/C14H15N3OS/c1-8-7-9(2)16-13-11(8)10(3)12(19-13)14(18)17(4)6-5-15/h7H,6H2,1-4H3. The fraction of sp³-hybridized carbons (Fsp3) is 0.357. The van der Waals surface area contributed by atoms with Crippen molar-refractivity contribution in [1.29, 1.82) is 5.26 Å². The van der Waals surface area contributed by atoms with Gasteiger partial charge in [0, 0.05) is 18.1 Å². The second-order valence-corrected chi connectivity index (χ2v) is 5.64. The Balaban J connectivity index is 2.58. The Morgan fingerprint density at radius 2 is 2.16 bits per heavy atom. The molecule has 2 aromatic heterocycles. The van der Waals surface area contributed by atoms with Crippen LogP contribution in [0, 0.1) is 32.1 Å². The molecule has 0 spiro atoms. The molecule has 98 valence electrons. The van der Waals surface area contributed by atoms with Crippen LogP contribution in [0.4, 0.5) is 0 Å². The third-order valence-electron chi connectivity index (χ3n) is 3.07. The number of rotatable bonds is 2. The Morgan fingerprint density at radius 1 is 1.47 bits per heavy atom. The lowest BCUT2D eigenvalue weighted by Gasteiger charge is -2.11. The van der Waals surface area contributed by atoms with Crippen molar-refractivity contribution in [2.24, 2.45) is 0 Å². The lowest BCUT2D eigenvalue weighted by molar-refractivity contribution is 0.0816. The van der Waals surface area contributed by atoms with Gasteiger partial charge in [0.25, 0.3) is 5.91 Å². The van der Waals surface area contributed by atoms with E-state index in [-0.39, 0.29) is 12.5 Å². The van der Waals surface area contributed by atoms with Gasteiger partial charge in [-0.15, -0.1) is 11.3 Å². The summed E-state index contributed by atoms with van der Waals surface area (Å²) >= 11 is 1.40. The van der Waals surface area contributed by atoms with Crippen LogP contribution in [0.3, 0.4) is 0 Å². The lowest BCUT2D eigenvalue weighted by Crippen LogP contribution is -2.26. The SMILES string of the molecule is Cc1cc(C)c2c(C)c(C(=O)N(C)CC#N)sc2n1. The molecule has 0 unspecified atom stereocenters. The van der Waals surface area contributed by atoms with E-state index in [1.165, 1.54) is 16.2 Å². The summed E-state index contributed by atoms with van der Waals surface area (Å²) in [5.41, 5.74) is 3.05. The van der Waals surface area contributed by atoms with E-state index < -0.39 is 0 Å². The van der Waals surface area contributed by atoms with E-state index >= 15 is 0 Å². The van der Waals surface area contributed by atoms with Gasteiger partial charge in [-0.25, -0.2) is 4.98 Å². The summed E-state index contributed by atoms with van der Waals surface area (Å²) in [6.45, 7) is 6.02. The Labute approximate surface area is 116 Å². The molecule has 0 radical (unpaired) electrons. The maximum atomic E-state index is 12.3. The highest BCUT2D eigenvalue weighted by Gasteiger charge is 2.20. The van der Waals surface area contributed by atoms with Crippen LogP contribution in [0.1, 0.15) is 26.5 Å². The van der Waals surface area contributed by atoms with Crippen molar-refractivity contribution < 1.29 is 4.79 Å². The Bertz CT molecular complexity index is 697.